The number of aryl methyl sites for hydroxylation is 1. The number of benzene rings is 1. The van der Waals surface area contributed by atoms with E-state index >= 15 is 0 Å². The number of methoxy groups -OCH3 is 1. The molecule has 1 amide bonds. The van der Waals surface area contributed by atoms with Crippen molar-refractivity contribution in [2.75, 3.05) is 27.1 Å². The highest BCUT2D eigenvalue weighted by Gasteiger charge is 2.13. The summed E-state index contributed by atoms with van der Waals surface area (Å²) in [7, 11) is 1.57. The zero-order valence-electron chi connectivity index (χ0n) is 12.7. The summed E-state index contributed by atoms with van der Waals surface area (Å²) in [5.41, 5.74) is 2.23. The number of amides is 1. The molecule has 0 bridgehead atoms. The lowest BCUT2D eigenvalue weighted by molar-refractivity contribution is -0.0308. The van der Waals surface area contributed by atoms with Crippen molar-refractivity contribution in [2.45, 2.75) is 13.3 Å². The smallest absolute Gasteiger partial charge is 0.254 e. The summed E-state index contributed by atoms with van der Waals surface area (Å²) >= 11 is 6.14. The van der Waals surface area contributed by atoms with Crippen molar-refractivity contribution in [3.05, 3.63) is 40.5 Å². The highest BCUT2D eigenvalue weighted by atomic mass is 35.5. The van der Waals surface area contributed by atoms with Crippen molar-refractivity contribution in [1.29, 1.82) is 0 Å². The third-order valence-electron chi connectivity index (χ3n) is 3.20. The molecule has 2 rings (SSSR count). The number of halogens is 1. The van der Waals surface area contributed by atoms with E-state index in [0.717, 1.165) is 16.5 Å². The van der Waals surface area contributed by atoms with Crippen LogP contribution in [-0.4, -0.2) is 37.9 Å². The first kappa shape index (κ1) is 16.7. The number of carbonyl (C=O) groups excluding carboxylic acids is 1. The van der Waals surface area contributed by atoms with Crippen LogP contribution < -0.4 is 5.32 Å². The van der Waals surface area contributed by atoms with E-state index in [2.05, 4.69) is 10.3 Å². The fourth-order valence-corrected chi connectivity index (χ4v) is 2.32. The number of pyridine rings is 1. The summed E-state index contributed by atoms with van der Waals surface area (Å²) < 4.78 is 9.92. The Kier molecular flexibility index (Phi) is 6.12. The van der Waals surface area contributed by atoms with Gasteiger partial charge in [0.2, 0.25) is 0 Å². The second-order valence-corrected chi connectivity index (χ2v) is 5.26. The molecule has 1 aromatic heterocycles. The minimum Gasteiger partial charge on any atom is -0.359 e. The van der Waals surface area contributed by atoms with Gasteiger partial charge in [-0.3, -0.25) is 4.79 Å². The van der Waals surface area contributed by atoms with Crippen LogP contribution in [0.2, 0.25) is 5.15 Å². The average molecular weight is 323 g/mol. The average Bonchev–Trinajstić information content (AvgIpc) is 2.51. The number of ether oxygens (including phenoxy) is 2. The van der Waals surface area contributed by atoms with Crippen LogP contribution in [0.25, 0.3) is 10.9 Å². The number of hydrogen-bond donors (Lipinski definition) is 1. The largest absolute Gasteiger partial charge is 0.359 e. The van der Waals surface area contributed by atoms with Crippen molar-refractivity contribution in [3.8, 4) is 0 Å². The highest BCUT2D eigenvalue weighted by molar-refractivity contribution is 6.33. The summed E-state index contributed by atoms with van der Waals surface area (Å²) in [6.07, 6.45) is 0.701. The molecule has 0 fully saturated rings. The normalized spacial score (nSPS) is 10.9. The topological polar surface area (TPSA) is 60.5 Å². The number of fused-ring (bicyclic) bond motifs is 1. The van der Waals surface area contributed by atoms with Crippen LogP contribution >= 0.6 is 11.6 Å². The monoisotopic (exact) mass is 322 g/mol. The van der Waals surface area contributed by atoms with Crippen molar-refractivity contribution < 1.29 is 14.3 Å². The first-order valence-corrected chi connectivity index (χ1v) is 7.42. The minimum absolute atomic E-state index is 0.218. The number of rotatable bonds is 7. The Morgan fingerprint density at radius 2 is 2.23 bits per heavy atom. The van der Waals surface area contributed by atoms with E-state index < -0.39 is 0 Å². The third kappa shape index (κ3) is 4.16. The van der Waals surface area contributed by atoms with Crippen LogP contribution in [0, 0.1) is 6.92 Å². The molecule has 1 aromatic carbocycles. The number of hydrogen-bond acceptors (Lipinski definition) is 4. The first-order valence-electron chi connectivity index (χ1n) is 7.04. The van der Waals surface area contributed by atoms with Crippen molar-refractivity contribution in [1.82, 2.24) is 10.3 Å². The maximum atomic E-state index is 12.2. The standard InChI is InChI=1S/C16H19ClN2O3/c1-11-5-3-6-12-9-13(15(17)19-14(11)12)16(20)18-7-4-8-22-10-21-2/h3,5-6,9H,4,7-8,10H2,1-2H3,(H,18,20). The first-order chi connectivity index (χ1) is 10.6. The lowest BCUT2D eigenvalue weighted by Gasteiger charge is -2.09. The number of carbonyl (C=O) groups is 1. The molecule has 1 N–H and O–H groups in total. The molecule has 0 spiro atoms. The van der Waals surface area contributed by atoms with Crippen molar-refractivity contribution in [2.24, 2.45) is 0 Å². The van der Waals surface area contributed by atoms with Gasteiger partial charge in [-0.1, -0.05) is 29.8 Å². The van der Waals surface area contributed by atoms with E-state index in [1.807, 2.05) is 25.1 Å². The molecule has 2 aromatic rings. The molecule has 0 radical (unpaired) electrons. The van der Waals surface area contributed by atoms with Gasteiger partial charge in [0, 0.05) is 19.0 Å². The van der Waals surface area contributed by atoms with Gasteiger partial charge in [0.1, 0.15) is 11.9 Å². The lowest BCUT2D eigenvalue weighted by Crippen LogP contribution is -2.25. The van der Waals surface area contributed by atoms with E-state index in [9.17, 15) is 4.79 Å². The predicted molar refractivity (Wildman–Crippen MR) is 86.3 cm³/mol. The summed E-state index contributed by atoms with van der Waals surface area (Å²) in [6.45, 7) is 3.25. The number of nitrogens with zero attached hydrogens (tertiary/aromatic N) is 1. The van der Waals surface area contributed by atoms with E-state index in [0.29, 0.717) is 25.1 Å². The summed E-state index contributed by atoms with van der Waals surface area (Å²) in [4.78, 5) is 16.5. The van der Waals surface area contributed by atoms with Crippen LogP contribution in [0.4, 0.5) is 0 Å². The molecular formula is C16H19ClN2O3. The molecule has 0 saturated carbocycles. The van der Waals surface area contributed by atoms with Gasteiger partial charge in [0.15, 0.2) is 0 Å². The molecule has 1 heterocycles. The van der Waals surface area contributed by atoms with Gasteiger partial charge in [0.05, 0.1) is 17.7 Å². The molecule has 118 valence electrons. The third-order valence-corrected chi connectivity index (χ3v) is 3.49. The molecular weight excluding hydrogens is 304 g/mol. The highest BCUT2D eigenvalue weighted by Crippen LogP contribution is 2.22. The second kappa shape index (κ2) is 8.08. The van der Waals surface area contributed by atoms with E-state index in [1.165, 1.54) is 0 Å². The van der Waals surface area contributed by atoms with Gasteiger partial charge < -0.3 is 14.8 Å². The van der Waals surface area contributed by atoms with Crippen LogP contribution in [0.5, 0.6) is 0 Å². The molecule has 0 atom stereocenters. The van der Waals surface area contributed by atoms with Crippen LogP contribution in [0.3, 0.4) is 0 Å². The molecule has 22 heavy (non-hydrogen) atoms. The van der Waals surface area contributed by atoms with Crippen LogP contribution in [0.15, 0.2) is 24.3 Å². The van der Waals surface area contributed by atoms with Gasteiger partial charge in [-0.05, 0) is 25.0 Å². The Hall–Kier alpha value is -1.69. The SMILES string of the molecule is COCOCCCNC(=O)c1cc2cccc(C)c2nc1Cl. The van der Waals surface area contributed by atoms with Gasteiger partial charge >= 0.3 is 0 Å². The van der Waals surface area contributed by atoms with Gasteiger partial charge in [-0.25, -0.2) is 4.98 Å². The number of para-hydroxylation sites is 1. The quantitative estimate of drug-likeness (QED) is 0.484. The Balaban J connectivity index is 2.01. The molecule has 0 aliphatic carbocycles. The molecule has 0 unspecified atom stereocenters. The molecule has 5 nitrogen and oxygen atoms in total. The van der Waals surface area contributed by atoms with Gasteiger partial charge in [0.25, 0.3) is 5.91 Å². The fraction of sp³-hybridized carbons (Fsp3) is 0.375. The van der Waals surface area contributed by atoms with Gasteiger partial charge in [-0.2, -0.15) is 0 Å². The molecule has 0 saturated heterocycles. The molecule has 6 heteroatoms. The fourth-order valence-electron chi connectivity index (χ4n) is 2.10. The Labute approximate surface area is 134 Å². The Morgan fingerprint density at radius 3 is 3.00 bits per heavy atom. The maximum absolute atomic E-state index is 12.2. The number of nitrogens with one attached hydrogen (secondary N) is 1. The van der Waals surface area contributed by atoms with E-state index in [-0.39, 0.29) is 17.9 Å². The lowest BCUT2D eigenvalue weighted by atomic mass is 10.1. The zero-order valence-corrected chi connectivity index (χ0v) is 13.4. The number of aromatic nitrogens is 1. The summed E-state index contributed by atoms with van der Waals surface area (Å²) in [5.74, 6) is -0.229. The zero-order chi connectivity index (χ0) is 15.9. The minimum atomic E-state index is -0.229. The van der Waals surface area contributed by atoms with Gasteiger partial charge in [-0.15, -0.1) is 0 Å². The summed E-state index contributed by atoms with van der Waals surface area (Å²) in [6, 6.07) is 7.59. The van der Waals surface area contributed by atoms with Crippen molar-refractivity contribution in [3.63, 3.8) is 0 Å². The molecule has 0 aliphatic heterocycles. The Morgan fingerprint density at radius 1 is 1.41 bits per heavy atom. The molecule has 0 aliphatic rings. The summed E-state index contributed by atoms with van der Waals surface area (Å²) in [5, 5.41) is 3.93. The van der Waals surface area contributed by atoms with E-state index in [1.54, 1.807) is 13.2 Å². The van der Waals surface area contributed by atoms with Crippen LogP contribution in [-0.2, 0) is 9.47 Å². The van der Waals surface area contributed by atoms with E-state index in [4.69, 9.17) is 21.1 Å². The second-order valence-electron chi connectivity index (χ2n) is 4.90. The van der Waals surface area contributed by atoms with Crippen LogP contribution in [0.1, 0.15) is 22.3 Å². The van der Waals surface area contributed by atoms with Crippen molar-refractivity contribution >= 4 is 28.4 Å². The maximum Gasteiger partial charge on any atom is 0.254 e. The Bertz CT molecular complexity index is 661. The predicted octanol–water partition coefficient (Wildman–Crippen LogP) is 2.94.